The molecule has 1 nitrogen and oxygen atoms in total. The van der Waals surface area contributed by atoms with Crippen LogP contribution in [0.1, 0.15) is 36.5 Å². The van der Waals surface area contributed by atoms with Gasteiger partial charge in [0.1, 0.15) is 0 Å². The molecular formula is C16H18O. The van der Waals surface area contributed by atoms with E-state index in [0.717, 1.165) is 12.0 Å². The Morgan fingerprint density at radius 3 is 1.76 bits per heavy atom. The van der Waals surface area contributed by atoms with Crippen molar-refractivity contribution in [2.45, 2.75) is 25.4 Å². The van der Waals surface area contributed by atoms with Crippen LogP contribution in [0, 0.1) is 0 Å². The van der Waals surface area contributed by atoms with Crippen molar-refractivity contribution in [3.05, 3.63) is 71.8 Å². The largest absolute Gasteiger partial charge is 0.388 e. The number of aliphatic hydroxyl groups excluding tert-OH is 1. The van der Waals surface area contributed by atoms with Crippen molar-refractivity contribution in [3.63, 3.8) is 0 Å². The first-order valence-corrected chi connectivity index (χ1v) is 6.11. The smallest absolute Gasteiger partial charge is 0.0858 e. The minimum atomic E-state index is -0.427. The second-order valence-electron chi connectivity index (χ2n) is 4.28. The number of rotatable bonds is 4. The predicted molar refractivity (Wildman–Crippen MR) is 70.9 cm³/mol. The summed E-state index contributed by atoms with van der Waals surface area (Å²) in [6, 6.07) is 20.1. The van der Waals surface area contributed by atoms with Crippen LogP contribution in [0.3, 0.4) is 0 Å². The van der Waals surface area contributed by atoms with Gasteiger partial charge in [-0.15, -0.1) is 0 Å². The Kier molecular flexibility index (Phi) is 3.94. The average Bonchev–Trinajstić information content (AvgIpc) is 2.42. The number of aliphatic hydroxyl groups is 1. The molecule has 0 aliphatic carbocycles. The third kappa shape index (κ3) is 2.75. The van der Waals surface area contributed by atoms with E-state index < -0.39 is 6.10 Å². The second kappa shape index (κ2) is 5.65. The highest BCUT2D eigenvalue weighted by molar-refractivity contribution is 5.26. The lowest BCUT2D eigenvalue weighted by atomic mass is 9.87. The normalized spacial score (nSPS) is 14.2. The fourth-order valence-corrected chi connectivity index (χ4v) is 2.22. The van der Waals surface area contributed by atoms with E-state index in [9.17, 15) is 5.11 Å². The lowest BCUT2D eigenvalue weighted by Crippen LogP contribution is -2.10. The Hall–Kier alpha value is -1.60. The van der Waals surface area contributed by atoms with Crippen LogP contribution in [0.5, 0.6) is 0 Å². The summed E-state index contributed by atoms with van der Waals surface area (Å²) in [5.74, 6) is 0.165. The first kappa shape index (κ1) is 11.9. The molecule has 0 radical (unpaired) electrons. The molecule has 1 heteroatoms. The van der Waals surface area contributed by atoms with Crippen LogP contribution >= 0.6 is 0 Å². The maximum Gasteiger partial charge on any atom is 0.0858 e. The van der Waals surface area contributed by atoms with Gasteiger partial charge in [-0.05, 0) is 17.5 Å². The van der Waals surface area contributed by atoms with Crippen molar-refractivity contribution < 1.29 is 5.11 Å². The maximum atomic E-state index is 10.4. The van der Waals surface area contributed by atoms with Crippen molar-refractivity contribution in [1.82, 2.24) is 0 Å². The zero-order valence-electron chi connectivity index (χ0n) is 10.1. The molecular weight excluding hydrogens is 208 g/mol. The van der Waals surface area contributed by atoms with Gasteiger partial charge in [0, 0.05) is 5.92 Å². The standard InChI is InChI=1S/C16H18O/c1-2-15(13-9-5-3-6-10-13)16(17)14-11-7-4-8-12-14/h3-12,15-17H,2H2,1H3/t15-,16-/m1/s1. The van der Waals surface area contributed by atoms with Crippen LogP contribution in [-0.2, 0) is 0 Å². The second-order valence-corrected chi connectivity index (χ2v) is 4.28. The Labute approximate surface area is 103 Å². The summed E-state index contributed by atoms with van der Waals surface area (Å²) in [5, 5.41) is 10.4. The van der Waals surface area contributed by atoms with Gasteiger partial charge in [0.05, 0.1) is 6.10 Å². The van der Waals surface area contributed by atoms with Crippen molar-refractivity contribution in [2.24, 2.45) is 0 Å². The summed E-state index contributed by atoms with van der Waals surface area (Å²) in [5.41, 5.74) is 2.19. The minimum Gasteiger partial charge on any atom is -0.388 e. The molecule has 0 unspecified atom stereocenters. The molecule has 0 saturated carbocycles. The van der Waals surface area contributed by atoms with Gasteiger partial charge in [-0.3, -0.25) is 0 Å². The molecule has 0 aromatic heterocycles. The fraction of sp³-hybridized carbons (Fsp3) is 0.250. The maximum absolute atomic E-state index is 10.4. The van der Waals surface area contributed by atoms with E-state index in [0.29, 0.717) is 0 Å². The summed E-state index contributed by atoms with van der Waals surface area (Å²) >= 11 is 0. The predicted octanol–water partition coefficient (Wildman–Crippen LogP) is 3.91. The fourth-order valence-electron chi connectivity index (χ4n) is 2.22. The summed E-state index contributed by atoms with van der Waals surface area (Å²) in [4.78, 5) is 0. The quantitative estimate of drug-likeness (QED) is 0.838. The molecule has 0 heterocycles. The van der Waals surface area contributed by atoms with Crippen LogP contribution < -0.4 is 0 Å². The number of hydrogen-bond acceptors (Lipinski definition) is 1. The van der Waals surface area contributed by atoms with Crippen LogP contribution in [0.15, 0.2) is 60.7 Å². The van der Waals surface area contributed by atoms with Gasteiger partial charge in [-0.25, -0.2) is 0 Å². The Bertz CT molecular complexity index is 436. The van der Waals surface area contributed by atoms with Gasteiger partial charge in [-0.1, -0.05) is 67.6 Å². The molecule has 0 aliphatic rings. The van der Waals surface area contributed by atoms with Crippen molar-refractivity contribution in [1.29, 1.82) is 0 Å². The van der Waals surface area contributed by atoms with Crippen molar-refractivity contribution >= 4 is 0 Å². The van der Waals surface area contributed by atoms with E-state index in [-0.39, 0.29) is 5.92 Å². The van der Waals surface area contributed by atoms with Gasteiger partial charge in [-0.2, -0.15) is 0 Å². The van der Waals surface area contributed by atoms with E-state index in [4.69, 9.17) is 0 Å². The zero-order valence-corrected chi connectivity index (χ0v) is 10.1. The van der Waals surface area contributed by atoms with Gasteiger partial charge in [0.15, 0.2) is 0 Å². The Balaban J connectivity index is 2.25. The SMILES string of the molecule is CC[C@H](c1ccccc1)[C@H](O)c1ccccc1. The first-order chi connectivity index (χ1) is 8.33. The lowest BCUT2D eigenvalue weighted by Gasteiger charge is -2.22. The van der Waals surface area contributed by atoms with Crippen LogP contribution in [0.4, 0.5) is 0 Å². The third-order valence-electron chi connectivity index (χ3n) is 3.19. The molecule has 0 aliphatic heterocycles. The van der Waals surface area contributed by atoms with E-state index in [2.05, 4.69) is 19.1 Å². The first-order valence-electron chi connectivity index (χ1n) is 6.11. The molecule has 88 valence electrons. The number of hydrogen-bond donors (Lipinski definition) is 1. The monoisotopic (exact) mass is 226 g/mol. The summed E-state index contributed by atoms with van der Waals surface area (Å²) in [6.07, 6.45) is 0.503. The van der Waals surface area contributed by atoms with Gasteiger partial charge in [0.2, 0.25) is 0 Å². The highest BCUT2D eigenvalue weighted by Crippen LogP contribution is 2.33. The molecule has 17 heavy (non-hydrogen) atoms. The summed E-state index contributed by atoms with van der Waals surface area (Å²) in [7, 11) is 0. The zero-order chi connectivity index (χ0) is 12.1. The molecule has 0 spiro atoms. The lowest BCUT2D eigenvalue weighted by molar-refractivity contribution is 0.142. The summed E-state index contributed by atoms with van der Waals surface area (Å²) in [6.45, 7) is 2.11. The average molecular weight is 226 g/mol. The van der Waals surface area contributed by atoms with E-state index in [1.54, 1.807) is 0 Å². The van der Waals surface area contributed by atoms with E-state index >= 15 is 0 Å². The van der Waals surface area contributed by atoms with Gasteiger partial charge < -0.3 is 5.11 Å². The van der Waals surface area contributed by atoms with Crippen molar-refractivity contribution in [3.8, 4) is 0 Å². The molecule has 2 rings (SSSR count). The molecule has 0 bridgehead atoms. The molecule has 2 aromatic rings. The minimum absolute atomic E-state index is 0.165. The molecule has 2 atom stereocenters. The molecule has 0 amide bonds. The van der Waals surface area contributed by atoms with Crippen LogP contribution in [-0.4, -0.2) is 5.11 Å². The highest BCUT2D eigenvalue weighted by atomic mass is 16.3. The number of benzene rings is 2. The van der Waals surface area contributed by atoms with Gasteiger partial charge >= 0.3 is 0 Å². The van der Waals surface area contributed by atoms with Crippen molar-refractivity contribution in [2.75, 3.05) is 0 Å². The Morgan fingerprint density at radius 2 is 1.29 bits per heavy atom. The summed E-state index contributed by atoms with van der Waals surface area (Å²) < 4.78 is 0. The molecule has 2 aromatic carbocycles. The molecule has 1 N–H and O–H groups in total. The topological polar surface area (TPSA) is 20.2 Å². The molecule has 0 fully saturated rings. The molecule has 0 saturated heterocycles. The van der Waals surface area contributed by atoms with Crippen LogP contribution in [0.25, 0.3) is 0 Å². The van der Waals surface area contributed by atoms with E-state index in [1.165, 1.54) is 5.56 Å². The third-order valence-corrected chi connectivity index (χ3v) is 3.19. The van der Waals surface area contributed by atoms with Crippen LogP contribution in [0.2, 0.25) is 0 Å². The highest BCUT2D eigenvalue weighted by Gasteiger charge is 2.20. The van der Waals surface area contributed by atoms with E-state index in [1.807, 2.05) is 48.5 Å². The Morgan fingerprint density at radius 1 is 0.824 bits per heavy atom. The van der Waals surface area contributed by atoms with Gasteiger partial charge in [0.25, 0.3) is 0 Å².